The van der Waals surface area contributed by atoms with E-state index >= 15 is 0 Å². The second-order valence-electron chi connectivity index (χ2n) is 4.62. The maximum absolute atomic E-state index is 11.2. The van der Waals surface area contributed by atoms with Crippen molar-refractivity contribution in [3.63, 3.8) is 0 Å². The first-order valence-corrected chi connectivity index (χ1v) is 6.81. The Hall–Kier alpha value is -1.89. The van der Waals surface area contributed by atoms with Crippen molar-refractivity contribution in [3.05, 3.63) is 11.9 Å². The molecule has 0 saturated carbocycles. The Morgan fingerprint density at radius 2 is 2.10 bits per heavy atom. The van der Waals surface area contributed by atoms with E-state index in [4.69, 9.17) is 10.6 Å². The number of carbonyl (C=O) groups is 1. The third kappa shape index (κ3) is 4.65. The number of esters is 1. The fourth-order valence-electron chi connectivity index (χ4n) is 1.87. The predicted octanol–water partition coefficient (Wildman–Crippen LogP) is 1.64. The van der Waals surface area contributed by atoms with Crippen molar-refractivity contribution in [1.82, 2.24) is 9.97 Å². The normalized spacial score (nSPS) is 10.4. The van der Waals surface area contributed by atoms with Gasteiger partial charge in [0.2, 0.25) is 0 Å². The monoisotopic (exact) mass is 281 g/mol. The fourth-order valence-corrected chi connectivity index (χ4v) is 1.87. The van der Waals surface area contributed by atoms with Gasteiger partial charge in [-0.05, 0) is 19.3 Å². The fraction of sp³-hybridized carbons (Fsp3) is 0.615. The average Bonchev–Trinajstić information content (AvgIpc) is 2.43. The van der Waals surface area contributed by atoms with E-state index in [1.807, 2.05) is 13.8 Å². The van der Waals surface area contributed by atoms with E-state index in [1.54, 1.807) is 6.92 Å². The van der Waals surface area contributed by atoms with Crippen LogP contribution < -0.4 is 16.6 Å². The standard InChI is InChI=1S/C13H23N5O2/c1-4-20-10(19)6-5-7-15-12-11(9(2)3)13(18-14)17-8-16-12/h8-9H,4-7,14H2,1-3H3,(H2,15,16,17,18). The molecule has 1 aromatic heterocycles. The third-order valence-electron chi connectivity index (χ3n) is 2.75. The molecule has 7 nitrogen and oxygen atoms in total. The van der Waals surface area contributed by atoms with Crippen LogP contribution in [0.15, 0.2) is 6.33 Å². The zero-order valence-electron chi connectivity index (χ0n) is 12.3. The first-order valence-electron chi connectivity index (χ1n) is 6.81. The molecule has 20 heavy (non-hydrogen) atoms. The maximum atomic E-state index is 11.2. The summed E-state index contributed by atoms with van der Waals surface area (Å²) in [5, 5.41) is 3.21. The Morgan fingerprint density at radius 1 is 1.40 bits per heavy atom. The number of hydrogen-bond acceptors (Lipinski definition) is 7. The molecule has 1 heterocycles. The highest BCUT2D eigenvalue weighted by molar-refractivity contribution is 5.69. The molecule has 0 aliphatic rings. The lowest BCUT2D eigenvalue weighted by Crippen LogP contribution is -2.16. The minimum absolute atomic E-state index is 0.176. The molecule has 0 aromatic carbocycles. The van der Waals surface area contributed by atoms with Crippen molar-refractivity contribution in [3.8, 4) is 0 Å². The van der Waals surface area contributed by atoms with Gasteiger partial charge in [0.15, 0.2) is 0 Å². The highest BCUT2D eigenvalue weighted by atomic mass is 16.5. The minimum Gasteiger partial charge on any atom is -0.466 e. The molecule has 0 atom stereocenters. The Bertz CT molecular complexity index is 437. The van der Waals surface area contributed by atoms with Crippen molar-refractivity contribution in [1.29, 1.82) is 0 Å². The van der Waals surface area contributed by atoms with Gasteiger partial charge in [0, 0.05) is 18.5 Å². The number of nitrogens with two attached hydrogens (primary N) is 1. The lowest BCUT2D eigenvalue weighted by molar-refractivity contribution is -0.143. The average molecular weight is 281 g/mol. The maximum Gasteiger partial charge on any atom is 0.305 e. The third-order valence-corrected chi connectivity index (χ3v) is 2.75. The Kier molecular flexibility index (Phi) is 6.72. The van der Waals surface area contributed by atoms with Crippen LogP contribution in [0.3, 0.4) is 0 Å². The summed E-state index contributed by atoms with van der Waals surface area (Å²) in [6.45, 7) is 6.95. The summed E-state index contributed by atoms with van der Waals surface area (Å²) in [5.41, 5.74) is 3.51. The molecule has 7 heteroatoms. The summed E-state index contributed by atoms with van der Waals surface area (Å²) in [6, 6.07) is 0. The molecule has 1 aromatic rings. The Balaban J connectivity index is 2.57. The molecule has 0 radical (unpaired) electrons. The highest BCUT2D eigenvalue weighted by Crippen LogP contribution is 2.27. The van der Waals surface area contributed by atoms with Crippen molar-refractivity contribution >= 4 is 17.6 Å². The number of anilines is 2. The summed E-state index contributed by atoms with van der Waals surface area (Å²) in [7, 11) is 0. The zero-order chi connectivity index (χ0) is 15.0. The van der Waals surface area contributed by atoms with Crippen LogP contribution in [0.25, 0.3) is 0 Å². The van der Waals surface area contributed by atoms with Crippen LogP contribution in [0.1, 0.15) is 45.1 Å². The molecule has 0 spiro atoms. The Labute approximate surface area is 119 Å². The summed E-state index contributed by atoms with van der Waals surface area (Å²) < 4.78 is 4.87. The van der Waals surface area contributed by atoms with Crippen molar-refractivity contribution in [2.45, 2.75) is 39.5 Å². The van der Waals surface area contributed by atoms with E-state index in [-0.39, 0.29) is 11.9 Å². The van der Waals surface area contributed by atoms with E-state index in [0.29, 0.717) is 31.8 Å². The lowest BCUT2D eigenvalue weighted by Gasteiger charge is -2.16. The van der Waals surface area contributed by atoms with Crippen LogP contribution in [0.2, 0.25) is 0 Å². The largest absolute Gasteiger partial charge is 0.466 e. The van der Waals surface area contributed by atoms with Crippen LogP contribution in [0, 0.1) is 0 Å². The van der Waals surface area contributed by atoms with Gasteiger partial charge in [-0.15, -0.1) is 0 Å². The number of nitrogens with zero attached hydrogens (tertiary/aromatic N) is 2. The molecular formula is C13H23N5O2. The first-order chi connectivity index (χ1) is 9.60. The number of hydrazine groups is 1. The number of aromatic nitrogens is 2. The second kappa shape index (κ2) is 8.31. The van der Waals surface area contributed by atoms with Gasteiger partial charge < -0.3 is 15.5 Å². The van der Waals surface area contributed by atoms with Crippen molar-refractivity contribution in [2.75, 3.05) is 23.9 Å². The van der Waals surface area contributed by atoms with Crippen molar-refractivity contribution < 1.29 is 9.53 Å². The topological polar surface area (TPSA) is 102 Å². The van der Waals surface area contributed by atoms with Gasteiger partial charge in [-0.1, -0.05) is 13.8 Å². The molecule has 112 valence electrons. The van der Waals surface area contributed by atoms with Gasteiger partial charge in [-0.25, -0.2) is 15.8 Å². The summed E-state index contributed by atoms with van der Waals surface area (Å²) >= 11 is 0. The molecule has 0 aliphatic heterocycles. The van der Waals surface area contributed by atoms with Gasteiger partial charge in [-0.2, -0.15) is 0 Å². The zero-order valence-corrected chi connectivity index (χ0v) is 12.3. The first kappa shape index (κ1) is 16.2. The molecule has 0 amide bonds. The summed E-state index contributed by atoms with van der Waals surface area (Å²) in [5.74, 6) is 6.87. The molecular weight excluding hydrogens is 258 g/mol. The van der Waals surface area contributed by atoms with Crippen LogP contribution in [0.5, 0.6) is 0 Å². The second-order valence-corrected chi connectivity index (χ2v) is 4.62. The van der Waals surface area contributed by atoms with Crippen LogP contribution in [0.4, 0.5) is 11.6 Å². The van der Waals surface area contributed by atoms with E-state index in [1.165, 1.54) is 6.33 Å². The van der Waals surface area contributed by atoms with Gasteiger partial charge in [0.25, 0.3) is 0 Å². The summed E-state index contributed by atoms with van der Waals surface area (Å²) in [6.07, 6.45) is 2.53. The van der Waals surface area contributed by atoms with Crippen LogP contribution in [-0.2, 0) is 9.53 Å². The van der Waals surface area contributed by atoms with Crippen LogP contribution in [-0.4, -0.2) is 29.1 Å². The summed E-state index contributed by atoms with van der Waals surface area (Å²) in [4.78, 5) is 19.6. The van der Waals surface area contributed by atoms with Gasteiger partial charge in [0.1, 0.15) is 18.0 Å². The number of ether oxygens (including phenoxy) is 1. The molecule has 0 fully saturated rings. The molecule has 0 aliphatic carbocycles. The predicted molar refractivity (Wildman–Crippen MR) is 78.3 cm³/mol. The van der Waals surface area contributed by atoms with E-state index in [0.717, 1.165) is 11.4 Å². The van der Waals surface area contributed by atoms with Gasteiger partial charge in [0.05, 0.1) is 6.61 Å². The quantitative estimate of drug-likeness (QED) is 0.288. The molecule has 0 bridgehead atoms. The number of nitrogens with one attached hydrogen (secondary N) is 2. The lowest BCUT2D eigenvalue weighted by atomic mass is 10.0. The SMILES string of the molecule is CCOC(=O)CCCNc1ncnc(NN)c1C(C)C. The molecule has 0 saturated heterocycles. The highest BCUT2D eigenvalue weighted by Gasteiger charge is 2.14. The van der Waals surface area contributed by atoms with E-state index in [9.17, 15) is 4.79 Å². The van der Waals surface area contributed by atoms with Gasteiger partial charge >= 0.3 is 5.97 Å². The van der Waals surface area contributed by atoms with Gasteiger partial charge in [-0.3, -0.25) is 4.79 Å². The van der Waals surface area contributed by atoms with Crippen molar-refractivity contribution in [2.24, 2.45) is 5.84 Å². The molecule has 0 unspecified atom stereocenters. The molecule has 4 N–H and O–H groups in total. The number of nitrogen functional groups attached to an aromatic ring is 1. The number of rotatable bonds is 8. The number of hydrogen-bond donors (Lipinski definition) is 3. The minimum atomic E-state index is -0.176. The van der Waals surface area contributed by atoms with E-state index in [2.05, 4.69) is 20.7 Å². The Morgan fingerprint density at radius 3 is 2.70 bits per heavy atom. The number of carbonyl (C=O) groups excluding carboxylic acids is 1. The smallest absolute Gasteiger partial charge is 0.305 e. The van der Waals surface area contributed by atoms with Crippen LogP contribution >= 0.6 is 0 Å². The molecule has 1 rings (SSSR count). The van der Waals surface area contributed by atoms with E-state index < -0.39 is 0 Å².